The summed E-state index contributed by atoms with van der Waals surface area (Å²) in [6.45, 7) is 2.05. The van der Waals surface area contributed by atoms with Crippen molar-refractivity contribution in [3.05, 3.63) is 28.5 Å². The van der Waals surface area contributed by atoms with E-state index in [0.717, 1.165) is 16.6 Å². The minimum atomic E-state index is 0.0694. The van der Waals surface area contributed by atoms with E-state index in [4.69, 9.17) is 18.0 Å². The summed E-state index contributed by atoms with van der Waals surface area (Å²) in [6, 6.07) is 3.95. The van der Waals surface area contributed by atoms with Crippen LogP contribution in [-0.2, 0) is 0 Å². The van der Waals surface area contributed by atoms with Crippen molar-refractivity contribution in [2.45, 2.75) is 19.4 Å². The molecular weight excluding hydrogens is 156 g/mol. The fraction of sp³-hybridized carbons (Fsp3) is 0.375. The maximum Gasteiger partial charge on any atom is 0.108 e. The molecule has 0 aliphatic carbocycles. The number of nitrogens with two attached hydrogens (primary N) is 1. The quantitative estimate of drug-likeness (QED) is 0.664. The average molecular weight is 168 g/mol. The van der Waals surface area contributed by atoms with Gasteiger partial charge in [-0.1, -0.05) is 25.2 Å². The molecule has 1 aromatic heterocycles. The first-order chi connectivity index (χ1) is 5.25. The Morgan fingerprint density at radius 1 is 1.73 bits per heavy atom. The van der Waals surface area contributed by atoms with Crippen LogP contribution in [0.1, 0.15) is 24.9 Å². The zero-order valence-corrected chi connectivity index (χ0v) is 7.32. The third kappa shape index (κ3) is 1.88. The first kappa shape index (κ1) is 8.43. The Kier molecular flexibility index (Phi) is 2.79. The number of rotatable bonds is 2. The van der Waals surface area contributed by atoms with Gasteiger partial charge in [0, 0.05) is 17.8 Å². The molecule has 1 atom stereocenters. The maximum atomic E-state index is 5.81. The van der Waals surface area contributed by atoms with Crippen LogP contribution in [0.2, 0.25) is 0 Å². The van der Waals surface area contributed by atoms with Crippen LogP contribution in [0, 0.1) is 4.64 Å². The van der Waals surface area contributed by atoms with E-state index < -0.39 is 0 Å². The summed E-state index contributed by atoms with van der Waals surface area (Å²) in [7, 11) is 0. The summed E-state index contributed by atoms with van der Waals surface area (Å²) in [4.78, 5) is 2.95. The highest BCUT2D eigenvalue weighted by Crippen LogP contribution is 2.12. The van der Waals surface area contributed by atoms with E-state index in [2.05, 4.69) is 4.98 Å². The van der Waals surface area contributed by atoms with E-state index in [1.807, 2.05) is 25.3 Å². The van der Waals surface area contributed by atoms with Gasteiger partial charge in [-0.3, -0.25) is 0 Å². The molecule has 0 saturated carbocycles. The van der Waals surface area contributed by atoms with E-state index in [1.165, 1.54) is 0 Å². The van der Waals surface area contributed by atoms with Crippen LogP contribution in [0.4, 0.5) is 0 Å². The van der Waals surface area contributed by atoms with Gasteiger partial charge in [0.25, 0.3) is 0 Å². The Labute approximate surface area is 71.4 Å². The lowest BCUT2D eigenvalue weighted by Gasteiger charge is -2.07. The summed E-state index contributed by atoms with van der Waals surface area (Å²) in [6.07, 6.45) is 2.73. The molecule has 0 amide bonds. The number of aromatic amines is 1. The second-order valence-electron chi connectivity index (χ2n) is 2.47. The van der Waals surface area contributed by atoms with E-state index in [9.17, 15) is 0 Å². The Morgan fingerprint density at radius 2 is 2.45 bits per heavy atom. The molecule has 0 bridgehead atoms. The van der Waals surface area contributed by atoms with Crippen LogP contribution in [0.5, 0.6) is 0 Å². The van der Waals surface area contributed by atoms with Crippen molar-refractivity contribution in [3.63, 3.8) is 0 Å². The lowest BCUT2D eigenvalue weighted by Crippen LogP contribution is -2.09. The summed E-state index contributed by atoms with van der Waals surface area (Å²) >= 11 is 5.06. The molecule has 0 fully saturated rings. The Hall–Kier alpha value is -0.670. The molecule has 0 saturated heterocycles. The number of aromatic nitrogens is 1. The standard InChI is InChI=1S/C8H12N2S/c1-2-7(9)6-4-3-5-10-8(6)11/h3-5,7H,2,9H2,1H3,(H,10,11)/t7-/m0/s1. The minimum absolute atomic E-state index is 0.0694. The Bertz CT molecular complexity index is 279. The summed E-state index contributed by atoms with van der Waals surface area (Å²) < 4.78 is 0.752. The van der Waals surface area contributed by atoms with Gasteiger partial charge in [0.1, 0.15) is 4.64 Å². The molecule has 0 aliphatic rings. The van der Waals surface area contributed by atoms with Crippen LogP contribution in [-0.4, -0.2) is 4.98 Å². The highest BCUT2D eigenvalue weighted by atomic mass is 32.1. The summed E-state index contributed by atoms with van der Waals surface area (Å²) in [5.41, 5.74) is 6.84. The number of nitrogens with one attached hydrogen (secondary N) is 1. The SMILES string of the molecule is CC[C@H](N)c1ccc[nH]c1=S. The van der Waals surface area contributed by atoms with Crippen LogP contribution >= 0.6 is 12.2 Å². The zero-order valence-electron chi connectivity index (χ0n) is 6.50. The minimum Gasteiger partial charge on any atom is -0.353 e. The highest BCUT2D eigenvalue weighted by Gasteiger charge is 2.03. The third-order valence-electron chi connectivity index (χ3n) is 1.69. The molecule has 3 N–H and O–H groups in total. The largest absolute Gasteiger partial charge is 0.353 e. The molecule has 0 unspecified atom stereocenters. The van der Waals surface area contributed by atoms with Gasteiger partial charge in [-0.2, -0.15) is 0 Å². The Balaban J connectivity index is 3.03. The average Bonchev–Trinajstić information content (AvgIpc) is 2.04. The van der Waals surface area contributed by atoms with Gasteiger partial charge in [-0.25, -0.2) is 0 Å². The monoisotopic (exact) mass is 168 g/mol. The van der Waals surface area contributed by atoms with Gasteiger partial charge < -0.3 is 10.7 Å². The number of H-pyrrole nitrogens is 1. The molecule has 1 heterocycles. The second-order valence-corrected chi connectivity index (χ2v) is 2.88. The molecule has 0 aliphatic heterocycles. The maximum absolute atomic E-state index is 5.81. The molecule has 1 aromatic rings. The van der Waals surface area contributed by atoms with E-state index in [1.54, 1.807) is 0 Å². The fourth-order valence-corrected chi connectivity index (χ4v) is 1.23. The fourth-order valence-electron chi connectivity index (χ4n) is 0.946. The van der Waals surface area contributed by atoms with Crippen molar-refractivity contribution < 1.29 is 0 Å². The van der Waals surface area contributed by atoms with Gasteiger partial charge in [-0.15, -0.1) is 0 Å². The predicted molar refractivity (Wildman–Crippen MR) is 48.8 cm³/mol. The van der Waals surface area contributed by atoms with Crippen LogP contribution in [0.3, 0.4) is 0 Å². The van der Waals surface area contributed by atoms with E-state index in [0.29, 0.717) is 0 Å². The first-order valence-corrected chi connectivity index (χ1v) is 4.09. The molecule has 60 valence electrons. The lowest BCUT2D eigenvalue weighted by atomic mass is 10.1. The van der Waals surface area contributed by atoms with Crippen molar-refractivity contribution in [1.82, 2.24) is 4.98 Å². The van der Waals surface area contributed by atoms with Crippen molar-refractivity contribution >= 4 is 12.2 Å². The van der Waals surface area contributed by atoms with Crippen molar-refractivity contribution in [2.75, 3.05) is 0 Å². The third-order valence-corrected chi connectivity index (χ3v) is 2.04. The van der Waals surface area contributed by atoms with Crippen LogP contribution in [0.15, 0.2) is 18.3 Å². The lowest BCUT2D eigenvalue weighted by molar-refractivity contribution is 0.693. The molecule has 0 radical (unpaired) electrons. The van der Waals surface area contributed by atoms with Gasteiger partial charge in [0.2, 0.25) is 0 Å². The molecule has 0 spiro atoms. The van der Waals surface area contributed by atoms with Crippen molar-refractivity contribution in [3.8, 4) is 0 Å². The van der Waals surface area contributed by atoms with Crippen LogP contribution < -0.4 is 5.73 Å². The Morgan fingerprint density at radius 3 is 3.00 bits per heavy atom. The molecule has 2 nitrogen and oxygen atoms in total. The molecular formula is C8H12N2S. The van der Waals surface area contributed by atoms with Crippen LogP contribution in [0.25, 0.3) is 0 Å². The van der Waals surface area contributed by atoms with E-state index >= 15 is 0 Å². The topological polar surface area (TPSA) is 41.8 Å². The van der Waals surface area contributed by atoms with Gasteiger partial charge in [0.15, 0.2) is 0 Å². The molecule has 3 heteroatoms. The van der Waals surface area contributed by atoms with E-state index in [-0.39, 0.29) is 6.04 Å². The zero-order chi connectivity index (χ0) is 8.27. The van der Waals surface area contributed by atoms with Crippen molar-refractivity contribution in [2.24, 2.45) is 5.73 Å². The van der Waals surface area contributed by atoms with Crippen molar-refractivity contribution in [1.29, 1.82) is 0 Å². The van der Waals surface area contributed by atoms with Gasteiger partial charge >= 0.3 is 0 Å². The highest BCUT2D eigenvalue weighted by molar-refractivity contribution is 7.71. The van der Waals surface area contributed by atoms with Gasteiger partial charge in [-0.05, 0) is 12.5 Å². The molecule has 1 rings (SSSR count). The molecule has 11 heavy (non-hydrogen) atoms. The summed E-state index contributed by atoms with van der Waals surface area (Å²) in [5.74, 6) is 0. The number of hydrogen-bond donors (Lipinski definition) is 2. The first-order valence-electron chi connectivity index (χ1n) is 3.69. The molecule has 0 aromatic carbocycles. The second kappa shape index (κ2) is 3.64. The summed E-state index contributed by atoms with van der Waals surface area (Å²) in [5, 5.41) is 0. The normalized spacial score (nSPS) is 12.9. The van der Waals surface area contributed by atoms with Gasteiger partial charge in [0.05, 0.1) is 0 Å². The number of pyridine rings is 1. The number of hydrogen-bond acceptors (Lipinski definition) is 2. The smallest absolute Gasteiger partial charge is 0.108 e. The predicted octanol–water partition coefficient (Wildman–Crippen LogP) is 2.15.